The van der Waals surface area contributed by atoms with Gasteiger partial charge in [0.2, 0.25) is 0 Å². The van der Waals surface area contributed by atoms with Crippen molar-refractivity contribution >= 4 is 22.7 Å². The van der Waals surface area contributed by atoms with E-state index in [1.54, 1.807) is 0 Å². The number of anilines is 1. The number of aromatic nitrogens is 1. The Morgan fingerprint density at radius 3 is 2.91 bits per heavy atom. The van der Waals surface area contributed by atoms with Crippen LogP contribution in [-0.4, -0.2) is 29.6 Å². The molecule has 0 bridgehead atoms. The molecule has 0 unspecified atom stereocenters. The van der Waals surface area contributed by atoms with E-state index in [0.29, 0.717) is 30.2 Å². The average Bonchev–Trinajstić information content (AvgIpc) is 3.11. The SMILES string of the molecule is NC[C@H]1CC[C@@H](C(=O)Nc2ccc3nc(C4CC4)oc3c2)O1. The highest BCUT2D eigenvalue weighted by atomic mass is 16.5. The molecule has 1 aliphatic heterocycles. The molecule has 1 aromatic carbocycles. The molecule has 6 nitrogen and oxygen atoms in total. The molecule has 1 aromatic heterocycles. The summed E-state index contributed by atoms with van der Waals surface area (Å²) in [5.74, 6) is 1.16. The highest BCUT2D eigenvalue weighted by Gasteiger charge is 2.30. The van der Waals surface area contributed by atoms with Gasteiger partial charge in [0.25, 0.3) is 5.91 Å². The molecule has 0 radical (unpaired) electrons. The van der Waals surface area contributed by atoms with Crippen LogP contribution in [0.5, 0.6) is 0 Å². The van der Waals surface area contributed by atoms with Crippen molar-refractivity contribution in [1.82, 2.24) is 4.98 Å². The van der Waals surface area contributed by atoms with E-state index < -0.39 is 6.10 Å². The third kappa shape index (κ3) is 2.60. The average molecular weight is 301 g/mol. The summed E-state index contributed by atoms with van der Waals surface area (Å²) in [4.78, 5) is 16.7. The second kappa shape index (κ2) is 5.37. The second-order valence-electron chi connectivity index (χ2n) is 6.06. The number of hydrogen-bond donors (Lipinski definition) is 2. The summed E-state index contributed by atoms with van der Waals surface area (Å²) in [6.45, 7) is 0.456. The Balaban J connectivity index is 1.48. The zero-order valence-electron chi connectivity index (χ0n) is 12.2. The van der Waals surface area contributed by atoms with Crippen molar-refractivity contribution in [2.24, 2.45) is 5.73 Å². The summed E-state index contributed by atoms with van der Waals surface area (Å²) < 4.78 is 11.4. The van der Waals surface area contributed by atoms with Crippen molar-refractivity contribution in [3.8, 4) is 0 Å². The quantitative estimate of drug-likeness (QED) is 0.903. The highest BCUT2D eigenvalue weighted by molar-refractivity contribution is 5.95. The van der Waals surface area contributed by atoms with Crippen LogP contribution in [0.4, 0.5) is 5.69 Å². The number of oxazole rings is 1. The molecule has 1 amide bonds. The third-order valence-electron chi connectivity index (χ3n) is 4.26. The summed E-state index contributed by atoms with van der Waals surface area (Å²) in [7, 11) is 0. The topological polar surface area (TPSA) is 90.4 Å². The minimum absolute atomic E-state index is 0.00592. The fraction of sp³-hybridized carbons (Fsp3) is 0.500. The van der Waals surface area contributed by atoms with Gasteiger partial charge < -0.3 is 20.2 Å². The number of nitrogens with one attached hydrogen (secondary N) is 1. The first-order valence-electron chi connectivity index (χ1n) is 7.80. The van der Waals surface area contributed by atoms with Gasteiger partial charge in [0.1, 0.15) is 11.6 Å². The molecule has 2 heterocycles. The van der Waals surface area contributed by atoms with Gasteiger partial charge in [-0.05, 0) is 37.8 Å². The normalized spacial score (nSPS) is 24.8. The lowest BCUT2D eigenvalue weighted by atomic mass is 10.2. The second-order valence-corrected chi connectivity index (χ2v) is 6.06. The van der Waals surface area contributed by atoms with Crippen molar-refractivity contribution in [3.05, 3.63) is 24.1 Å². The van der Waals surface area contributed by atoms with Crippen molar-refractivity contribution < 1.29 is 13.9 Å². The zero-order valence-corrected chi connectivity index (χ0v) is 12.2. The van der Waals surface area contributed by atoms with Crippen LogP contribution < -0.4 is 11.1 Å². The molecule has 0 spiro atoms. The van der Waals surface area contributed by atoms with Gasteiger partial charge in [-0.2, -0.15) is 0 Å². The van der Waals surface area contributed by atoms with Gasteiger partial charge in [0.05, 0.1) is 6.10 Å². The summed E-state index contributed by atoms with van der Waals surface area (Å²) in [5.41, 5.74) is 7.82. The van der Waals surface area contributed by atoms with Crippen molar-refractivity contribution in [3.63, 3.8) is 0 Å². The molecule has 116 valence electrons. The molecule has 2 aromatic rings. The van der Waals surface area contributed by atoms with Crippen LogP contribution in [0.2, 0.25) is 0 Å². The zero-order chi connectivity index (χ0) is 15.1. The minimum atomic E-state index is -0.416. The lowest BCUT2D eigenvalue weighted by molar-refractivity contribution is -0.126. The van der Waals surface area contributed by atoms with E-state index in [2.05, 4.69) is 10.3 Å². The number of carbonyl (C=O) groups is 1. The summed E-state index contributed by atoms with van der Waals surface area (Å²) in [5, 5.41) is 2.88. The summed E-state index contributed by atoms with van der Waals surface area (Å²) in [6, 6.07) is 5.54. The van der Waals surface area contributed by atoms with Gasteiger partial charge in [-0.1, -0.05) is 0 Å². The standard InChI is InChI=1S/C16H19N3O3/c17-8-11-4-6-13(21-11)15(20)18-10-3-5-12-14(7-10)22-16(19-12)9-1-2-9/h3,5,7,9,11,13H,1-2,4,6,8,17H2,(H,18,20)/t11-,13+/m1/s1. The Morgan fingerprint density at radius 2 is 2.18 bits per heavy atom. The molecule has 2 fully saturated rings. The number of nitrogens with two attached hydrogens (primary N) is 1. The van der Waals surface area contributed by atoms with E-state index in [9.17, 15) is 4.79 Å². The Bertz CT molecular complexity index is 708. The molecule has 2 atom stereocenters. The van der Waals surface area contributed by atoms with Crippen LogP contribution >= 0.6 is 0 Å². The van der Waals surface area contributed by atoms with E-state index >= 15 is 0 Å². The fourth-order valence-corrected chi connectivity index (χ4v) is 2.82. The first-order chi connectivity index (χ1) is 10.7. The molecule has 1 aliphatic carbocycles. The van der Waals surface area contributed by atoms with Crippen LogP contribution in [0.3, 0.4) is 0 Å². The maximum absolute atomic E-state index is 12.2. The van der Waals surface area contributed by atoms with E-state index in [0.717, 1.165) is 30.7 Å². The first kappa shape index (κ1) is 13.7. The molecule has 6 heteroatoms. The minimum Gasteiger partial charge on any atom is -0.440 e. The van der Waals surface area contributed by atoms with Crippen molar-refractivity contribution in [2.45, 2.75) is 43.8 Å². The Kier molecular flexibility index (Phi) is 3.35. The van der Waals surface area contributed by atoms with Gasteiger partial charge in [-0.15, -0.1) is 0 Å². The fourth-order valence-electron chi connectivity index (χ4n) is 2.82. The number of benzene rings is 1. The molecule has 22 heavy (non-hydrogen) atoms. The summed E-state index contributed by atoms with van der Waals surface area (Å²) >= 11 is 0. The molecular formula is C16H19N3O3. The molecule has 1 saturated heterocycles. The van der Waals surface area contributed by atoms with Gasteiger partial charge in [0.15, 0.2) is 11.5 Å². The number of hydrogen-bond acceptors (Lipinski definition) is 5. The van der Waals surface area contributed by atoms with Gasteiger partial charge >= 0.3 is 0 Å². The Hall–Kier alpha value is -1.92. The van der Waals surface area contributed by atoms with Crippen LogP contribution in [0.15, 0.2) is 22.6 Å². The van der Waals surface area contributed by atoms with E-state index in [-0.39, 0.29) is 12.0 Å². The first-order valence-corrected chi connectivity index (χ1v) is 7.80. The maximum Gasteiger partial charge on any atom is 0.253 e. The van der Waals surface area contributed by atoms with E-state index in [4.69, 9.17) is 14.9 Å². The lowest BCUT2D eigenvalue weighted by Gasteiger charge is -2.12. The smallest absolute Gasteiger partial charge is 0.253 e. The van der Waals surface area contributed by atoms with E-state index in [1.165, 1.54) is 0 Å². The van der Waals surface area contributed by atoms with Crippen LogP contribution in [-0.2, 0) is 9.53 Å². The predicted octanol–water partition coefficient (Wildman–Crippen LogP) is 2.15. The number of carbonyl (C=O) groups excluding carboxylic acids is 1. The molecule has 4 rings (SSSR count). The monoisotopic (exact) mass is 301 g/mol. The van der Waals surface area contributed by atoms with Crippen molar-refractivity contribution in [1.29, 1.82) is 0 Å². The predicted molar refractivity (Wildman–Crippen MR) is 81.6 cm³/mol. The number of nitrogens with zero attached hydrogens (tertiary/aromatic N) is 1. The lowest BCUT2D eigenvalue weighted by Crippen LogP contribution is -2.29. The van der Waals surface area contributed by atoms with Crippen LogP contribution in [0.25, 0.3) is 11.1 Å². The van der Waals surface area contributed by atoms with Crippen LogP contribution in [0, 0.1) is 0 Å². The molecule has 2 aliphatic rings. The van der Waals surface area contributed by atoms with Crippen molar-refractivity contribution in [2.75, 3.05) is 11.9 Å². The number of amides is 1. The third-order valence-corrected chi connectivity index (χ3v) is 4.26. The Morgan fingerprint density at radius 1 is 1.32 bits per heavy atom. The van der Waals surface area contributed by atoms with Gasteiger partial charge in [0, 0.05) is 24.2 Å². The molecular weight excluding hydrogens is 282 g/mol. The maximum atomic E-state index is 12.2. The molecule has 3 N–H and O–H groups in total. The largest absolute Gasteiger partial charge is 0.440 e. The number of ether oxygens (including phenoxy) is 1. The van der Waals surface area contributed by atoms with Crippen LogP contribution in [0.1, 0.15) is 37.5 Å². The van der Waals surface area contributed by atoms with Gasteiger partial charge in [-0.3, -0.25) is 4.79 Å². The Labute approximate surface area is 128 Å². The number of fused-ring (bicyclic) bond motifs is 1. The highest BCUT2D eigenvalue weighted by Crippen LogP contribution is 2.40. The van der Waals surface area contributed by atoms with Gasteiger partial charge in [-0.25, -0.2) is 4.98 Å². The van der Waals surface area contributed by atoms with E-state index in [1.807, 2.05) is 18.2 Å². The summed E-state index contributed by atoms with van der Waals surface area (Å²) in [6.07, 6.45) is 3.43. The molecule has 1 saturated carbocycles. The number of rotatable bonds is 4.